The first-order valence-electron chi connectivity index (χ1n) is 11.6. The molecule has 4 aromatic rings. The first kappa shape index (κ1) is 21.9. The molecule has 3 aromatic heterocycles. The van der Waals surface area contributed by atoms with E-state index in [1.54, 1.807) is 21.3 Å². The number of aryl methyl sites for hydroxylation is 2. The maximum absolute atomic E-state index is 13.3. The third kappa shape index (κ3) is 3.97. The van der Waals surface area contributed by atoms with E-state index in [1.165, 1.54) is 0 Å². The van der Waals surface area contributed by atoms with E-state index in [0.717, 1.165) is 49.2 Å². The number of pyridine rings is 1. The summed E-state index contributed by atoms with van der Waals surface area (Å²) in [7, 11) is 1.87. The van der Waals surface area contributed by atoms with Crippen molar-refractivity contribution >= 4 is 33.8 Å². The molecule has 2 N–H and O–H groups in total. The molecule has 0 spiro atoms. The molecule has 9 heteroatoms. The van der Waals surface area contributed by atoms with Crippen LogP contribution in [0.15, 0.2) is 36.8 Å². The molecule has 0 unspecified atom stereocenters. The summed E-state index contributed by atoms with van der Waals surface area (Å²) in [6.45, 7) is 6.94. The number of carbonyl (C=O) groups excluding carboxylic acids is 1. The number of benzene rings is 1. The zero-order chi connectivity index (χ0) is 23.8. The third-order valence-electron chi connectivity index (χ3n) is 6.39. The Bertz CT molecular complexity index is 1420. The van der Waals surface area contributed by atoms with Crippen LogP contribution in [0.3, 0.4) is 0 Å². The van der Waals surface area contributed by atoms with Crippen LogP contribution >= 0.6 is 0 Å². The minimum absolute atomic E-state index is 0.263. The minimum atomic E-state index is -0.263. The molecule has 1 aromatic carbocycles. The lowest BCUT2D eigenvalue weighted by Crippen LogP contribution is -2.42. The first-order valence-corrected chi connectivity index (χ1v) is 11.6. The lowest BCUT2D eigenvalue weighted by molar-refractivity contribution is 0.102. The Hall–Kier alpha value is -3.90. The smallest absolute Gasteiger partial charge is 0.257 e. The van der Waals surface area contributed by atoms with E-state index >= 15 is 0 Å². The Morgan fingerprint density at radius 2 is 2.03 bits per heavy atom. The predicted octanol–water partition coefficient (Wildman–Crippen LogP) is 3.23. The Balaban J connectivity index is 1.45. The van der Waals surface area contributed by atoms with Crippen molar-refractivity contribution in [2.75, 3.05) is 29.9 Å². The number of hydrogen-bond donors (Lipinski definition) is 2. The second-order valence-corrected chi connectivity index (χ2v) is 8.84. The van der Waals surface area contributed by atoms with Gasteiger partial charge in [-0.25, -0.2) is 4.98 Å². The fourth-order valence-electron chi connectivity index (χ4n) is 4.85. The number of rotatable bonds is 5. The van der Waals surface area contributed by atoms with Crippen molar-refractivity contribution in [1.82, 2.24) is 24.5 Å². The molecule has 4 heterocycles. The molecule has 0 atom stereocenters. The number of piperidine rings is 1. The number of nitrogens with zero attached hydrogens (tertiary/aromatic N) is 6. The van der Waals surface area contributed by atoms with Crippen molar-refractivity contribution in [2.45, 2.75) is 32.7 Å². The maximum Gasteiger partial charge on any atom is 0.257 e. The number of carbonyl (C=O) groups is 1. The quantitative estimate of drug-likeness (QED) is 0.478. The van der Waals surface area contributed by atoms with E-state index in [0.29, 0.717) is 34.0 Å². The second-order valence-electron chi connectivity index (χ2n) is 8.84. The Morgan fingerprint density at radius 3 is 2.76 bits per heavy atom. The molecule has 1 aliphatic heterocycles. The molecular formula is C25H28N8O. The maximum atomic E-state index is 13.3. The van der Waals surface area contributed by atoms with Crippen LogP contribution in [-0.2, 0) is 7.05 Å². The van der Waals surface area contributed by atoms with Gasteiger partial charge in [-0.05, 0) is 44.5 Å². The molecule has 1 aliphatic rings. The van der Waals surface area contributed by atoms with Gasteiger partial charge in [0.25, 0.3) is 5.91 Å². The van der Waals surface area contributed by atoms with Gasteiger partial charge in [0.1, 0.15) is 11.6 Å². The van der Waals surface area contributed by atoms with E-state index in [-0.39, 0.29) is 5.91 Å². The predicted molar refractivity (Wildman–Crippen MR) is 132 cm³/mol. The average Bonchev–Trinajstić information content (AvgIpc) is 3.39. The van der Waals surface area contributed by atoms with Crippen LogP contribution in [0.4, 0.5) is 11.4 Å². The van der Waals surface area contributed by atoms with Gasteiger partial charge < -0.3 is 19.9 Å². The summed E-state index contributed by atoms with van der Waals surface area (Å²) in [6, 6.07) is 8.25. The first-order chi connectivity index (χ1) is 16.5. The summed E-state index contributed by atoms with van der Waals surface area (Å²) in [6.07, 6.45) is 7.76. The number of fused-ring (bicyclic) bond motifs is 2. The molecule has 1 saturated heterocycles. The normalized spacial score (nSPS) is 14.6. The van der Waals surface area contributed by atoms with E-state index in [2.05, 4.69) is 38.6 Å². The highest BCUT2D eigenvalue weighted by molar-refractivity contribution is 6.14. The number of aromatic nitrogens is 4. The Labute approximate surface area is 198 Å². The number of anilines is 2. The van der Waals surface area contributed by atoms with Crippen molar-refractivity contribution < 1.29 is 4.79 Å². The zero-order valence-corrected chi connectivity index (χ0v) is 19.7. The van der Waals surface area contributed by atoms with Crippen LogP contribution in [0.2, 0.25) is 0 Å². The van der Waals surface area contributed by atoms with Gasteiger partial charge in [-0.1, -0.05) is 6.92 Å². The SMILES string of the molecule is CCNC1CCN(c2ccc(C(=O)Nc3cc(C#N)c4nc(C)cn4c3)c3nn(C)cc23)CC1. The van der Waals surface area contributed by atoms with Crippen LogP contribution in [0, 0.1) is 18.3 Å². The molecule has 0 saturated carbocycles. The van der Waals surface area contributed by atoms with Crippen molar-refractivity contribution in [3.63, 3.8) is 0 Å². The van der Waals surface area contributed by atoms with Crippen LogP contribution in [0.5, 0.6) is 0 Å². The third-order valence-corrected chi connectivity index (χ3v) is 6.39. The van der Waals surface area contributed by atoms with Gasteiger partial charge >= 0.3 is 0 Å². The molecule has 0 aliphatic carbocycles. The summed E-state index contributed by atoms with van der Waals surface area (Å²) in [5, 5.41) is 21.6. The van der Waals surface area contributed by atoms with Crippen molar-refractivity contribution in [2.24, 2.45) is 7.05 Å². The molecule has 34 heavy (non-hydrogen) atoms. The van der Waals surface area contributed by atoms with E-state index in [9.17, 15) is 10.1 Å². The monoisotopic (exact) mass is 456 g/mol. The summed E-state index contributed by atoms with van der Waals surface area (Å²) < 4.78 is 3.52. The summed E-state index contributed by atoms with van der Waals surface area (Å²) in [5.74, 6) is -0.263. The van der Waals surface area contributed by atoms with E-state index in [4.69, 9.17) is 0 Å². The summed E-state index contributed by atoms with van der Waals surface area (Å²) in [5.41, 5.74) is 4.60. The van der Waals surface area contributed by atoms with Gasteiger partial charge in [-0.15, -0.1) is 0 Å². The van der Waals surface area contributed by atoms with Crippen LogP contribution < -0.4 is 15.5 Å². The van der Waals surface area contributed by atoms with E-state index in [1.807, 2.05) is 38.5 Å². The van der Waals surface area contributed by atoms with Gasteiger partial charge in [0, 0.05) is 55.8 Å². The molecule has 0 radical (unpaired) electrons. The Kier molecular flexibility index (Phi) is 5.67. The highest BCUT2D eigenvalue weighted by Crippen LogP contribution is 2.31. The summed E-state index contributed by atoms with van der Waals surface area (Å²) >= 11 is 0. The lowest BCUT2D eigenvalue weighted by Gasteiger charge is -2.34. The van der Waals surface area contributed by atoms with Gasteiger partial charge in [0.15, 0.2) is 5.65 Å². The van der Waals surface area contributed by atoms with Crippen LogP contribution in [-0.4, -0.2) is 50.7 Å². The molecule has 1 fully saturated rings. The summed E-state index contributed by atoms with van der Waals surface area (Å²) in [4.78, 5) is 20.1. The fourth-order valence-corrected chi connectivity index (χ4v) is 4.85. The lowest BCUT2D eigenvalue weighted by atomic mass is 10.0. The van der Waals surface area contributed by atoms with Crippen molar-refractivity contribution in [3.05, 3.63) is 53.6 Å². The Morgan fingerprint density at radius 1 is 1.24 bits per heavy atom. The van der Waals surface area contributed by atoms with Gasteiger partial charge in [-0.3, -0.25) is 9.48 Å². The molecule has 9 nitrogen and oxygen atoms in total. The highest BCUT2D eigenvalue weighted by Gasteiger charge is 2.23. The van der Waals surface area contributed by atoms with Crippen LogP contribution in [0.1, 0.15) is 41.4 Å². The van der Waals surface area contributed by atoms with Crippen LogP contribution in [0.25, 0.3) is 16.6 Å². The largest absolute Gasteiger partial charge is 0.371 e. The molecular weight excluding hydrogens is 428 g/mol. The fraction of sp³-hybridized carbons (Fsp3) is 0.360. The molecule has 5 rings (SSSR count). The average molecular weight is 457 g/mol. The molecule has 174 valence electrons. The number of nitriles is 1. The highest BCUT2D eigenvalue weighted by atomic mass is 16.1. The molecule has 0 bridgehead atoms. The zero-order valence-electron chi connectivity index (χ0n) is 19.7. The topological polar surface area (TPSA) is 103 Å². The number of nitrogens with one attached hydrogen (secondary N) is 2. The number of amides is 1. The van der Waals surface area contributed by atoms with Gasteiger partial charge in [0.05, 0.1) is 22.5 Å². The minimum Gasteiger partial charge on any atom is -0.371 e. The van der Waals surface area contributed by atoms with E-state index < -0.39 is 0 Å². The number of imidazole rings is 1. The van der Waals surface area contributed by atoms with Crippen molar-refractivity contribution in [1.29, 1.82) is 5.26 Å². The standard InChI is InChI=1S/C25H28N8O/c1-4-27-18-7-9-32(10-8-18)22-6-5-20(23-21(22)15-31(3)30-23)25(34)29-19-11-17(12-26)24-28-16(2)13-33(24)14-19/h5-6,11,13-15,18,27H,4,7-10H2,1-3H3,(H,29,34). The second kappa shape index (κ2) is 8.80. The number of hydrogen-bond acceptors (Lipinski definition) is 6. The van der Waals surface area contributed by atoms with Crippen molar-refractivity contribution in [3.8, 4) is 6.07 Å². The van der Waals surface area contributed by atoms with Gasteiger partial charge in [0.2, 0.25) is 0 Å². The van der Waals surface area contributed by atoms with Gasteiger partial charge in [-0.2, -0.15) is 10.4 Å². The molecule has 1 amide bonds.